The molecular formula is C10H17N3O. The Bertz CT molecular complexity index is 317. The molecule has 1 amide bonds. The van der Waals surface area contributed by atoms with Crippen molar-refractivity contribution in [3.05, 3.63) is 18.0 Å². The number of anilines is 1. The summed E-state index contributed by atoms with van der Waals surface area (Å²) in [4.78, 5) is 11.6. The second-order valence-electron chi connectivity index (χ2n) is 3.20. The van der Waals surface area contributed by atoms with E-state index in [1.165, 1.54) is 0 Å². The summed E-state index contributed by atoms with van der Waals surface area (Å²) in [5, 5.41) is 2.82. The number of carbonyl (C=O) groups is 1. The molecular weight excluding hydrogens is 178 g/mol. The van der Waals surface area contributed by atoms with Gasteiger partial charge in [0.2, 0.25) is 0 Å². The van der Waals surface area contributed by atoms with Gasteiger partial charge in [-0.3, -0.25) is 4.79 Å². The molecule has 0 atom stereocenters. The number of carbonyl (C=O) groups excluding carboxylic acids is 1. The lowest BCUT2D eigenvalue weighted by molar-refractivity contribution is 0.0944. The zero-order chi connectivity index (χ0) is 10.6. The number of nitrogens with one attached hydrogen (secondary N) is 1. The highest BCUT2D eigenvalue weighted by molar-refractivity contribution is 5.93. The van der Waals surface area contributed by atoms with Crippen LogP contribution >= 0.6 is 0 Å². The summed E-state index contributed by atoms with van der Waals surface area (Å²) >= 11 is 0. The highest BCUT2D eigenvalue weighted by Crippen LogP contribution is 2.10. The van der Waals surface area contributed by atoms with Gasteiger partial charge in [-0.15, -0.1) is 0 Å². The lowest BCUT2D eigenvalue weighted by Crippen LogP contribution is -2.26. The molecule has 0 saturated heterocycles. The van der Waals surface area contributed by atoms with E-state index < -0.39 is 0 Å². The van der Waals surface area contributed by atoms with E-state index in [0.29, 0.717) is 17.9 Å². The number of rotatable bonds is 4. The fourth-order valence-electron chi connectivity index (χ4n) is 1.31. The lowest BCUT2D eigenvalue weighted by Gasteiger charge is -2.05. The van der Waals surface area contributed by atoms with E-state index in [4.69, 9.17) is 5.73 Å². The molecule has 1 aromatic heterocycles. The molecule has 0 fully saturated rings. The monoisotopic (exact) mass is 195 g/mol. The quantitative estimate of drug-likeness (QED) is 0.759. The topological polar surface area (TPSA) is 60.1 Å². The Hall–Kier alpha value is -1.45. The standard InChI is InChI=1S/C10H17N3O/c1-3-5-12-10(14)9-6-8(11)7-13(9)4-2/h6-7H,3-5,11H2,1-2H3,(H,12,14). The third-order valence-corrected chi connectivity index (χ3v) is 2.03. The van der Waals surface area contributed by atoms with Crippen LogP contribution in [0, 0.1) is 0 Å². The van der Waals surface area contributed by atoms with Crippen LogP contribution < -0.4 is 11.1 Å². The lowest BCUT2D eigenvalue weighted by atomic mass is 10.3. The van der Waals surface area contributed by atoms with E-state index in [1.807, 2.05) is 18.4 Å². The summed E-state index contributed by atoms with van der Waals surface area (Å²) in [6, 6.07) is 1.70. The highest BCUT2D eigenvalue weighted by Gasteiger charge is 2.10. The van der Waals surface area contributed by atoms with Crippen LogP contribution in [0.5, 0.6) is 0 Å². The highest BCUT2D eigenvalue weighted by atomic mass is 16.1. The molecule has 0 unspecified atom stereocenters. The van der Waals surface area contributed by atoms with Gasteiger partial charge in [-0.1, -0.05) is 6.92 Å². The van der Waals surface area contributed by atoms with Crippen molar-refractivity contribution in [1.82, 2.24) is 9.88 Å². The minimum Gasteiger partial charge on any atom is -0.397 e. The van der Waals surface area contributed by atoms with Crippen LogP contribution in [0.15, 0.2) is 12.3 Å². The number of aryl methyl sites for hydroxylation is 1. The molecule has 0 bridgehead atoms. The molecule has 0 aromatic carbocycles. The van der Waals surface area contributed by atoms with Crippen molar-refractivity contribution in [1.29, 1.82) is 0 Å². The summed E-state index contributed by atoms with van der Waals surface area (Å²) < 4.78 is 1.85. The molecule has 1 heterocycles. The van der Waals surface area contributed by atoms with Crippen molar-refractivity contribution in [3.63, 3.8) is 0 Å². The molecule has 0 aliphatic carbocycles. The van der Waals surface area contributed by atoms with Crippen LogP contribution in [0.2, 0.25) is 0 Å². The van der Waals surface area contributed by atoms with Crippen LogP contribution in [0.3, 0.4) is 0 Å². The molecule has 3 N–H and O–H groups in total. The zero-order valence-electron chi connectivity index (χ0n) is 8.71. The minimum atomic E-state index is -0.0506. The molecule has 0 saturated carbocycles. The van der Waals surface area contributed by atoms with Gasteiger partial charge in [0, 0.05) is 19.3 Å². The maximum atomic E-state index is 11.6. The predicted octanol–water partition coefficient (Wildman–Crippen LogP) is 1.23. The summed E-state index contributed by atoms with van der Waals surface area (Å²) in [5.74, 6) is -0.0506. The fourth-order valence-corrected chi connectivity index (χ4v) is 1.31. The summed E-state index contributed by atoms with van der Waals surface area (Å²) in [7, 11) is 0. The van der Waals surface area contributed by atoms with Gasteiger partial charge in [-0.05, 0) is 19.4 Å². The molecule has 4 nitrogen and oxygen atoms in total. The van der Waals surface area contributed by atoms with E-state index in [1.54, 1.807) is 12.3 Å². The first-order valence-electron chi connectivity index (χ1n) is 4.92. The Morgan fingerprint density at radius 2 is 2.29 bits per heavy atom. The second-order valence-corrected chi connectivity index (χ2v) is 3.20. The first kappa shape index (κ1) is 10.6. The van der Waals surface area contributed by atoms with E-state index >= 15 is 0 Å². The number of nitrogens with two attached hydrogens (primary N) is 1. The number of amides is 1. The summed E-state index contributed by atoms with van der Waals surface area (Å²) in [5.41, 5.74) is 6.89. The molecule has 0 radical (unpaired) electrons. The number of nitrogen functional groups attached to an aromatic ring is 1. The van der Waals surface area contributed by atoms with Crippen LogP contribution in [0.25, 0.3) is 0 Å². The number of nitrogens with zero attached hydrogens (tertiary/aromatic N) is 1. The van der Waals surface area contributed by atoms with Gasteiger partial charge in [0.25, 0.3) is 5.91 Å². The Morgan fingerprint density at radius 1 is 1.57 bits per heavy atom. The molecule has 0 aliphatic heterocycles. The number of aromatic nitrogens is 1. The Kier molecular flexibility index (Phi) is 3.56. The van der Waals surface area contributed by atoms with Crippen molar-refractivity contribution >= 4 is 11.6 Å². The smallest absolute Gasteiger partial charge is 0.267 e. The zero-order valence-corrected chi connectivity index (χ0v) is 8.71. The Balaban J connectivity index is 2.77. The molecule has 1 rings (SSSR count). The summed E-state index contributed by atoms with van der Waals surface area (Å²) in [6.07, 6.45) is 2.72. The molecule has 1 aromatic rings. The average molecular weight is 195 g/mol. The van der Waals surface area contributed by atoms with Gasteiger partial charge in [-0.2, -0.15) is 0 Å². The number of hydrogen-bond acceptors (Lipinski definition) is 2. The normalized spacial score (nSPS) is 10.1. The SMILES string of the molecule is CCCNC(=O)c1cc(N)cn1CC. The van der Waals surface area contributed by atoms with Crippen molar-refractivity contribution in [3.8, 4) is 0 Å². The van der Waals surface area contributed by atoms with E-state index in [2.05, 4.69) is 5.32 Å². The third-order valence-electron chi connectivity index (χ3n) is 2.03. The van der Waals surface area contributed by atoms with E-state index in [0.717, 1.165) is 13.0 Å². The molecule has 14 heavy (non-hydrogen) atoms. The maximum Gasteiger partial charge on any atom is 0.267 e. The van der Waals surface area contributed by atoms with Gasteiger partial charge >= 0.3 is 0 Å². The fraction of sp³-hybridized carbons (Fsp3) is 0.500. The second kappa shape index (κ2) is 4.69. The van der Waals surface area contributed by atoms with Crippen molar-refractivity contribution < 1.29 is 4.79 Å². The molecule has 0 aliphatic rings. The van der Waals surface area contributed by atoms with Crippen molar-refractivity contribution in [2.24, 2.45) is 0 Å². The van der Waals surface area contributed by atoms with Gasteiger partial charge in [-0.25, -0.2) is 0 Å². The van der Waals surface area contributed by atoms with Gasteiger partial charge in [0.1, 0.15) is 5.69 Å². The Labute approximate surface area is 84.1 Å². The minimum absolute atomic E-state index is 0.0506. The summed E-state index contributed by atoms with van der Waals surface area (Å²) in [6.45, 7) is 5.46. The van der Waals surface area contributed by atoms with Crippen LogP contribution in [0.1, 0.15) is 30.8 Å². The average Bonchev–Trinajstić information content (AvgIpc) is 2.56. The first-order valence-corrected chi connectivity index (χ1v) is 4.92. The largest absolute Gasteiger partial charge is 0.397 e. The van der Waals surface area contributed by atoms with Crippen molar-refractivity contribution in [2.75, 3.05) is 12.3 Å². The third kappa shape index (κ3) is 2.28. The van der Waals surface area contributed by atoms with Crippen LogP contribution in [-0.4, -0.2) is 17.0 Å². The van der Waals surface area contributed by atoms with E-state index in [-0.39, 0.29) is 5.91 Å². The molecule has 4 heteroatoms. The van der Waals surface area contributed by atoms with Crippen LogP contribution in [0.4, 0.5) is 5.69 Å². The molecule has 0 spiro atoms. The van der Waals surface area contributed by atoms with Crippen molar-refractivity contribution in [2.45, 2.75) is 26.8 Å². The van der Waals surface area contributed by atoms with Crippen LogP contribution in [-0.2, 0) is 6.54 Å². The Morgan fingerprint density at radius 3 is 2.86 bits per heavy atom. The van der Waals surface area contributed by atoms with E-state index in [9.17, 15) is 4.79 Å². The van der Waals surface area contributed by atoms with Gasteiger partial charge in [0.05, 0.1) is 5.69 Å². The number of hydrogen-bond donors (Lipinski definition) is 2. The van der Waals surface area contributed by atoms with Gasteiger partial charge < -0.3 is 15.6 Å². The predicted molar refractivity (Wildman–Crippen MR) is 57.1 cm³/mol. The molecule has 78 valence electrons. The van der Waals surface area contributed by atoms with Gasteiger partial charge in [0.15, 0.2) is 0 Å². The first-order chi connectivity index (χ1) is 6.69. The maximum absolute atomic E-state index is 11.6.